The van der Waals surface area contributed by atoms with E-state index in [1.54, 1.807) is 31.4 Å². The third-order valence-electron chi connectivity index (χ3n) is 5.37. The monoisotopic (exact) mass is 453 g/mol. The van der Waals surface area contributed by atoms with Gasteiger partial charge in [-0.2, -0.15) is 0 Å². The number of likely N-dealkylation sites (N-methyl/N-ethyl adjacent to an activating group) is 1. The van der Waals surface area contributed by atoms with Gasteiger partial charge in [-0.15, -0.1) is 0 Å². The highest BCUT2D eigenvalue weighted by Gasteiger charge is 2.22. The molecule has 4 rings (SSSR count). The molecule has 0 spiro atoms. The van der Waals surface area contributed by atoms with E-state index in [0.717, 1.165) is 31.9 Å². The summed E-state index contributed by atoms with van der Waals surface area (Å²) >= 11 is 6.08. The molecule has 1 fully saturated rings. The van der Waals surface area contributed by atoms with Crippen molar-refractivity contribution in [1.82, 2.24) is 8.87 Å². The summed E-state index contributed by atoms with van der Waals surface area (Å²) < 4.78 is 47.4. The molecular weight excluding hydrogens is 432 g/mol. The second-order valence-electron chi connectivity index (χ2n) is 7.25. The molecule has 1 atom stereocenters. The molecule has 1 aliphatic rings. The maximum absolute atomic E-state index is 13.5. The smallest absolute Gasteiger partial charge is 0.265 e. The zero-order valence-corrected chi connectivity index (χ0v) is 18.2. The first-order chi connectivity index (χ1) is 14.4. The molecule has 0 amide bonds. The fourth-order valence-corrected chi connectivity index (χ4v) is 5.02. The number of hydrogen-bond donors (Lipinski definition) is 0. The molecule has 9 heteroatoms. The van der Waals surface area contributed by atoms with Crippen LogP contribution in [-0.4, -0.2) is 53.4 Å². The second kappa shape index (κ2) is 8.53. The molecule has 2 aromatic carbocycles. The van der Waals surface area contributed by atoms with Crippen molar-refractivity contribution >= 4 is 39.2 Å². The van der Waals surface area contributed by atoms with Crippen molar-refractivity contribution in [1.29, 1.82) is 0 Å². The minimum Gasteiger partial charge on any atom is -0.495 e. The summed E-state index contributed by atoms with van der Waals surface area (Å²) in [5.74, 6) is 0.689. The van der Waals surface area contributed by atoms with Crippen LogP contribution in [-0.2, 0) is 11.0 Å². The van der Waals surface area contributed by atoms with Gasteiger partial charge in [0.2, 0.25) is 0 Å². The van der Waals surface area contributed by atoms with E-state index in [9.17, 15) is 13.0 Å². The lowest BCUT2D eigenvalue weighted by atomic mass is 10.2. The van der Waals surface area contributed by atoms with Crippen LogP contribution in [0.4, 0.5) is 14.5 Å². The second-order valence-corrected chi connectivity index (χ2v) is 9.05. The van der Waals surface area contributed by atoms with Gasteiger partial charge in [0.25, 0.3) is 6.43 Å². The number of alkyl halides is 2. The number of halogens is 3. The van der Waals surface area contributed by atoms with Crippen molar-refractivity contribution in [3.05, 3.63) is 53.2 Å². The van der Waals surface area contributed by atoms with Gasteiger partial charge in [-0.1, -0.05) is 17.7 Å². The van der Waals surface area contributed by atoms with Crippen LogP contribution < -0.4 is 9.64 Å². The predicted octanol–water partition coefficient (Wildman–Crippen LogP) is 4.56. The highest BCUT2D eigenvalue weighted by molar-refractivity contribution is 7.83. The van der Waals surface area contributed by atoms with Crippen molar-refractivity contribution in [3.63, 3.8) is 0 Å². The van der Waals surface area contributed by atoms with E-state index in [4.69, 9.17) is 16.3 Å². The van der Waals surface area contributed by atoms with Crippen LogP contribution in [0.5, 0.6) is 5.75 Å². The van der Waals surface area contributed by atoms with Crippen molar-refractivity contribution < 1.29 is 17.7 Å². The van der Waals surface area contributed by atoms with Gasteiger partial charge in [-0.05, 0) is 37.4 Å². The molecule has 1 aliphatic heterocycles. The molecule has 0 radical (unpaired) electrons. The molecule has 30 heavy (non-hydrogen) atoms. The zero-order chi connectivity index (χ0) is 21.4. The fraction of sp³-hybridized carbons (Fsp3) is 0.333. The van der Waals surface area contributed by atoms with Gasteiger partial charge in [-0.25, -0.2) is 13.0 Å². The van der Waals surface area contributed by atoms with Crippen LogP contribution >= 0.6 is 11.6 Å². The molecule has 3 aromatic rings. The molecule has 5 nitrogen and oxygen atoms in total. The Labute approximate surface area is 181 Å². The Kier molecular flexibility index (Phi) is 5.99. The molecule has 0 N–H and O–H groups in total. The molecule has 1 saturated heterocycles. The molecule has 1 unspecified atom stereocenters. The number of hydrogen-bond acceptors (Lipinski definition) is 4. The van der Waals surface area contributed by atoms with Crippen LogP contribution in [0.2, 0.25) is 5.02 Å². The highest BCUT2D eigenvalue weighted by Crippen LogP contribution is 2.35. The molecule has 0 aliphatic carbocycles. The first-order valence-electron chi connectivity index (χ1n) is 9.51. The molecule has 0 bridgehead atoms. The maximum atomic E-state index is 13.5. The van der Waals surface area contributed by atoms with Crippen molar-refractivity contribution in [2.45, 2.75) is 11.3 Å². The van der Waals surface area contributed by atoms with Crippen LogP contribution in [0.15, 0.2) is 47.5 Å². The van der Waals surface area contributed by atoms with Gasteiger partial charge in [0, 0.05) is 48.3 Å². The lowest BCUT2D eigenvalue weighted by molar-refractivity contribution is 0.153. The van der Waals surface area contributed by atoms with E-state index in [2.05, 4.69) is 16.8 Å². The molecule has 160 valence electrons. The fourth-order valence-electron chi connectivity index (χ4n) is 3.69. The average molecular weight is 454 g/mol. The minimum atomic E-state index is -2.68. The Hall–Kier alpha value is -2.16. The van der Waals surface area contributed by atoms with E-state index in [1.165, 1.54) is 16.2 Å². The number of aromatic nitrogens is 1. The minimum absolute atomic E-state index is 0.164. The van der Waals surface area contributed by atoms with Gasteiger partial charge < -0.3 is 14.5 Å². The molecule has 2 heterocycles. The topological polar surface area (TPSA) is 37.7 Å². The van der Waals surface area contributed by atoms with E-state index in [0.29, 0.717) is 26.6 Å². The van der Waals surface area contributed by atoms with Crippen LogP contribution in [0.25, 0.3) is 10.9 Å². The highest BCUT2D eigenvalue weighted by atomic mass is 35.5. The van der Waals surface area contributed by atoms with Crippen molar-refractivity contribution in [2.24, 2.45) is 0 Å². The SMILES string of the molecule is COc1ccc(S(=O)n2cc(C(F)F)c3ccc(Cl)cc32)cc1N1CCN(C)CC1. The lowest BCUT2D eigenvalue weighted by Gasteiger charge is -2.34. The quantitative estimate of drug-likeness (QED) is 0.567. The van der Waals surface area contributed by atoms with Gasteiger partial charge in [-0.3, -0.25) is 3.97 Å². The van der Waals surface area contributed by atoms with Crippen LogP contribution in [0, 0.1) is 0 Å². The van der Waals surface area contributed by atoms with E-state index in [1.807, 2.05) is 6.07 Å². The van der Waals surface area contributed by atoms with Gasteiger partial charge in [0.1, 0.15) is 5.75 Å². The standard InChI is InChI=1S/C21H22ClF2N3O2S/c1-25-7-9-26(10-8-25)19-12-15(4-6-20(19)29-2)30(28)27-13-17(21(23)24)16-5-3-14(22)11-18(16)27/h3-6,11-13,21H,7-10H2,1-2H3. The van der Waals surface area contributed by atoms with Gasteiger partial charge in [0.05, 0.1) is 23.2 Å². The summed E-state index contributed by atoms with van der Waals surface area (Å²) in [5.41, 5.74) is 1.09. The molecular formula is C21H22ClF2N3O2S. The Morgan fingerprint density at radius 2 is 1.83 bits per heavy atom. The Morgan fingerprint density at radius 1 is 1.10 bits per heavy atom. The molecule has 0 saturated carbocycles. The molecule has 1 aromatic heterocycles. The average Bonchev–Trinajstić information content (AvgIpc) is 3.12. The summed E-state index contributed by atoms with van der Waals surface area (Å²) in [5, 5.41) is 0.739. The summed E-state index contributed by atoms with van der Waals surface area (Å²) in [6, 6.07) is 9.95. The predicted molar refractivity (Wildman–Crippen MR) is 116 cm³/mol. The number of fused-ring (bicyclic) bond motifs is 1. The first kappa shape index (κ1) is 21.1. The summed E-state index contributed by atoms with van der Waals surface area (Å²) in [6.45, 7) is 3.46. The number of anilines is 1. The third kappa shape index (κ3) is 3.91. The lowest BCUT2D eigenvalue weighted by Crippen LogP contribution is -2.44. The Bertz CT molecular complexity index is 1100. The number of methoxy groups -OCH3 is 1. The number of ether oxygens (including phenoxy) is 1. The normalized spacial score (nSPS) is 16.4. The van der Waals surface area contributed by atoms with E-state index in [-0.39, 0.29) is 5.56 Å². The largest absolute Gasteiger partial charge is 0.495 e. The number of rotatable bonds is 5. The van der Waals surface area contributed by atoms with Gasteiger partial charge >= 0.3 is 0 Å². The number of piperazine rings is 1. The van der Waals surface area contributed by atoms with E-state index >= 15 is 0 Å². The Morgan fingerprint density at radius 3 is 2.50 bits per heavy atom. The number of nitrogens with zero attached hydrogens (tertiary/aromatic N) is 3. The third-order valence-corrected chi connectivity index (χ3v) is 6.93. The van der Waals surface area contributed by atoms with Crippen molar-refractivity contribution in [3.8, 4) is 5.75 Å². The van der Waals surface area contributed by atoms with Crippen molar-refractivity contribution in [2.75, 3.05) is 45.2 Å². The summed E-state index contributed by atoms with van der Waals surface area (Å²) in [6.07, 6.45) is -1.43. The number of benzene rings is 2. The van der Waals surface area contributed by atoms with E-state index < -0.39 is 17.4 Å². The van der Waals surface area contributed by atoms with Crippen LogP contribution in [0.3, 0.4) is 0 Å². The van der Waals surface area contributed by atoms with Gasteiger partial charge in [0.15, 0.2) is 11.0 Å². The van der Waals surface area contributed by atoms with Crippen LogP contribution in [0.1, 0.15) is 12.0 Å². The summed E-state index contributed by atoms with van der Waals surface area (Å²) in [7, 11) is 1.95. The zero-order valence-electron chi connectivity index (χ0n) is 16.6. The Balaban J connectivity index is 1.77. The first-order valence-corrected chi connectivity index (χ1v) is 11.0. The summed E-state index contributed by atoms with van der Waals surface area (Å²) in [4.78, 5) is 4.93. The maximum Gasteiger partial charge on any atom is 0.265 e.